The Hall–Kier alpha value is -1.38. The second-order valence-corrected chi connectivity index (χ2v) is 5.35. The van der Waals surface area contributed by atoms with Crippen LogP contribution in [0.3, 0.4) is 0 Å². The van der Waals surface area contributed by atoms with E-state index < -0.39 is 0 Å². The van der Waals surface area contributed by atoms with Gasteiger partial charge in [0.1, 0.15) is 0 Å². The highest BCUT2D eigenvalue weighted by atomic mass is 16.1. The number of nitrogens with zero attached hydrogens (tertiary/aromatic N) is 2. The van der Waals surface area contributed by atoms with Gasteiger partial charge in [-0.1, -0.05) is 32.3 Å². The zero-order valence-corrected chi connectivity index (χ0v) is 12.1. The molecular weight excluding hydrogens is 236 g/mol. The zero-order valence-electron chi connectivity index (χ0n) is 12.1. The minimum Gasteiger partial charge on any atom is -0.294 e. The molecule has 0 saturated heterocycles. The van der Waals surface area contributed by atoms with Crippen LogP contribution in [-0.2, 0) is 11.2 Å². The number of Topliss-reactive ketones (excluding diaryl/α,β-unsaturated/α-hetero) is 1. The third-order valence-corrected chi connectivity index (χ3v) is 4.04. The van der Waals surface area contributed by atoms with Crippen LogP contribution in [-0.4, -0.2) is 15.6 Å². The first kappa shape index (κ1) is 14.0. The Balaban J connectivity index is 1.99. The highest BCUT2D eigenvalue weighted by Gasteiger charge is 2.17. The van der Waals surface area contributed by atoms with Crippen molar-refractivity contribution >= 4 is 5.78 Å². The van der Waals surface area contributed by atoms with Crippen molar-refractivity contribution in [2.24, 2.45) is 0 Å². The van der Waals surface area contributed by atoms with Crippen molar-refractivity contribution in [1.29, 1.82) is 0 Å². The average Bonchev–Trinajstić information content (AvgIpc) is 2.89. The standard InChI is InChI=1S/C16H24N2O/c1-3-13(4-2)16(19)12-14-10-11-18(17-14)15-8-6-5-7-9-15/h3,10-11,15H,4-9,12H2,1-2H3/b13-3-. The summed E-state index contributed by atoms with van der Waals surface area (Å²) in [7, 11) is 0. The van der Waals surface area contributed by atoms with Crippen LogP contribution in [0.5, 0.6) is 0 Å². The number of carbonyl (C=O) groups is 1. The first-order valence-corrected chi connectivity index (χ1v) is 7.47. The van der Waals surface area contributed by atoms with E-state index in [1.54, 1.807) is 0 Å². The van der Waals surface area contributed by atoms with Gasteiger partial charge in [-0.3, -0.25) is 9.48 Å². The highest BCUT2D eigenvalue weighted by Crippen LogP contribution is 2.27. The van der Waals surface area contributed by atoms with E-state index in [9.17, 15) is 4.79 Å². The first-order valence-electron chi connectivity index (χ1n) is 7.47. The molecule has 0 atom stereocenters. The Morgan fingerprint density at radius 3 is 2.79 bits per heavy atom. The minimum absolute atomic E-state index is 0.207. The number of carbonyl (C=O) groups excluding carboxylic acids is 1. The molecule has 19 heavy (non-hydrogen) atoms. The maximum Gasteiger partial charge on any atom is 0.164 e. The van der Waals surface area contributed by atoms with E-state index in [-0.39, 0.29) is 5.78 Å². The number of aromatic nitrogens is 2. The van der Waals surface area contributed by atoms with Gasteiger partial charge in [0.25, 0.3) is 0 Å². The van der Waals surface area contributed by atoms with Gasteiger partial charge in [-0.2, -0.15) is 5.10 Å². The molecule has 0 spiro atoms. The summed E-state index contributed by atoms with van der Waals surface area (Å²) >= 11 is 0. The van der Waals surface area contributed by atoms with E-state index in [0.717, 1.165) is 17.7 Å². The van der Waals surface area contributed by atoms with Gasteiger partial charge in [0.05, 0.1) is 18.2 Å². The molecule has 1 heterocycles. The van der Waals surface area contributed by atoms with Crippen molar-refractivity contribution in [3.63, 3.8) is 0 Å². The van der Waals surface area contributed by atoms with E-state index in [0.29, 0.717) is 12.5 Å². The molecule has 0 unspecified atom stereocenters. The van der Waals surface area contributed by atoms with Crippen LogP contribution in [0.1, 0.15) is 64.1 Å². The van der Waals surface area contributed by atoms with Gasteiger partial charge in [0.2, 0.25) is 0 Å². The molecule has 1 saturated carbocycles. The van der Waals surface area contributed by atoms with Crippen molar-refractivity contribution in [3.8, 4) is 0 Å². The SMILES string of the molecule is C/C=C(/CC)C(=O)Cc1ccn(C2CCCCC2)n1. The molecule has 3 nitrogen and oxygen atoms in total. The van der Waals surface area contributed by atoms with E-state index in [2.05, 4.69) is 9.78 Å². The molecule has 0 aromatic carbocycles. The molecular formula is C16H24N2O. The molecule has 3 heteroatoms. The monoisotopic (exact) mass is 260 g/mol. The number of hydrogen-bond donors (Lipinski definition) is 0. The summed E-state index contributed by atoms with van der Waals surface area (Å²) in [5, 5.41) is 4.59. The summed E-state index contributed by atoms with van der Waals surface area (Å²) in [6, 6.07) is 2.54. The molecule has 0 bridgehead atoms. The highest BCUT2D eigenvalue weighted by molar-refractivity contribution is 5.96. The average molecular weight is 260 g/mol. The number of hydrogen-bond acceptors (Lipinski definition) is 2. The Labute approximate surface area is 115 Å². The molecule has 1 aromatic heterocycles. The topological polar surface area (TPSA) is 34.9 Å². The summed E-state index contributed by atoms with van der Waals surface area (Å²) in [6.07, 6.45) is 11.6. The Kier molecular flexibility index (Phi) is 4.94. The van der Waals surface area contributed by atoms with Crippen LogP contribution in [0, 0.1) is 0 Å². The minimum atomic E-state index is 0.207. The number of ketones is 1. The fourth-order valence-electron chi connectivity index (χ4n) is 2.86. The second kappa shape index (κ2) is 6.69. The summed E-state index contributed by atoms with van der Waals surface area (Å²) in [5.41, 5.74) is 1.82. The Morgan fingerprint density at radius 2 is 2.16 bits per heavy atom. The van der Waals surface area contributed by atoms with Gasteiger partial charge in [0, 0.05) is 6.20 Å². The molecule has 0 N–H and O–H groups in total. The van der Waals surface area contributed by atoms with Crippen molar-refractivity contribution in [1.82, 2.24) is 9.78 Å². The van der Waals surface area contributed by atoms with Crippen molar-refractivity contribution in [2.75, 3.05) is 0 Å². The van der Waals surface area contributed by atoms with Crippen LogP contribution in [0.4, 0.5) is 0 Å². The number of allylic oxidation sites excluding steroid dienone is 2. The second-order valence-electron chi connectivity index (χ2n) is 5.35. The third kappa shape index (κ3) is 3.55. The van der Waals surface area contributed by atoms with Gasteiger partial charge < -0.3 is 0 Å². The lowest BCUT2D eigenvalue weighted by Crippen LogP contribution is -2.14. The molecule has 2 rings (SSSR count). The summed E-state index contributed by atoms with van der Waals surface area (Å²) in [4.78, 5) is 12.0. The molecule has 0 radical (unpaired) electrons. The summed E-state index contributed by atoms with van der Waals surface area (Å²) in [5.74, 6) is 0.207. The fourth-order valence-corrected chi connectivity index (χ4v) is 2.86. The molecule has 0 amide bonds. The van der Waals surface area contributed by atoms with Crippen molar-refractivity contribution in [2.45, 2.75) is 64.8 Å². The zero-order chi connectivity index (χ0) is 13.7. The van der Waals surface area contributed by atoms with Crippen molar-refractivity contribution in [3.05, 3.63) is 29.6 Å². The molecule has 0 aliphatic heterocycles. The van der Waals surface area contributed by atoms with E-state index in [4.69, 9.17) is 0 Å². The maximum atomic E-state index is 12.0. The molecule has 104 valence electrons. The largest absolute Gasteiger partial charge is 0.294 e. The Bertz CT molecular complexity index is 453. The van der Waals surface area contributed by atoms with Crippen LogP contribution in [0.25, 0.3) is 0 Å². The molecule has 1 fully saturated rings. The van der Waals surface area contributed by atoms with E-state index >= 15 is 0 Å². The van der Waals surface area contributed by atoms with E-state index in [1.165, 1.54) is 32.1 Å². The molecule has 1 aliphatic rings. The summed E-state index contributed by atoms with van der Waals surface area (Å²) in [6.45, 7) is 3.95. The van der Waals surface area contributed by atoms with Crippen LogP contribution >= 0.6 is 0 Å². The number of rotatable bonds is 5. The lowest BCUT2D eigenvalue weighted by Gasteiger charge is -2.21. The quantitative estimate of drug-likeness (QED) is 0.754. The molecule has 1 aromatic rings. The van der Waals surface area contributed by atoms with Crippen LogP contribution in [0.2, 0.25) is 0 Å². The normalized spacial score (nSPS) is 17.7. The van der Waals surface area contributed by atoms with Crippen LogP contribution in [0.15, 0.2) is 23.9 Å². The third-order valence-electron chi connectivity index (χ3n) is 4.04. The summed E-state index contributed by atoms with van der Waals surface area (Å²) < 4.78 is 2.07. The van der Waals surface area contributed by atoms with Crippen molar-refractivity contribution < 1.29 is 4.79 Å². The van der Waals surface area contributed by atoms with E-state index in [1.807, 2.05) is 32.2 Å². The molecule has 1 aliphatic carbocycles. The predicted molar refractivity (Wildman–Crippen MR) is 77.1 cm³/mol. The maximum absolute atomic E-state index is 12.0. The smallest absolute Gasteiger partial charge is 0.164 e. The van der Waals surface area contributed by atoms with Gasteiger partial charge >= 0.3 is 0 Å². The fraction of sp³-hybridized carbons (Fsp3) is 0.625. The van der Waals surface area contributed by atoms with Gasteiger partial charge in [-0.05, 0) is 37.8 Å². The van der Waals surface area contributed by atoms with Gasteiger partial charge in [0.15, 0.2) is 5.78 Å². The predicted octanol–water partition coefficient (Wildman–Crippen LogP) is 3.86. The lowest BCUT2D eigenvalue weighted by atomic mass is 9.96. The van der Waals surface area contributed by atoms with Gasteiger partial charge in [-0.15, -0.1) is 0 Å². The Morgan fingerprint density at radius 1 is 1.42 bits per heavy atom. The van der Waals surface area contributed by atoms with Crippen LogP contribution < -0.4 is 0 Å². The first-order chi connectivity index (χ1) is 9.24. The van der Waals surface area contributed by atoms with Gasteiger partial charge in [-0.25, -0.2) is 0 Å². The lowest BCUT2D eigenvalue weighted by molar-refractivity contribution is -0.115.